The molecule has 0 amide bonds. The molecule has 3 rings (SSSR count). The molecule has 1 saturated heterocycles. The van der Waals surface area contributed by atoms with Gasteiger partial charge in [-0.05, 0) is 50.6 Å². The molecule has 0 spiro atoms. The van der Waals surface area contributed by atoms with Crippen molar-refractivity contribution in [2.24, 2.45) is 17.2 Å². The number of aromatic hydroxyl groups is 1. The summed E-state index contributed by atoms with van der Waals surface area (Å²) in [4.78, 5) is 15.0. The van der Waals surface area contributed by atoms with Crippen LogP contribution in [0.3, 0.4) is 0 Å². The number of alkyl halides is 1. The van der Waals surface area contributed by atoms with Gasteiger partial charge in [-0.25, -0.2) is 14.4 Å². The smallest absolute Gasteiger partial charge is 0.206 e. The number of rotatable bonds is 7. The Bertz CT molecular complexity index is 1150. The summed E-state index contributed by atoms with van der Waals surface area (Å²) in [6.45, 7) is 4.55. The molecule has 9 nitrogen and oxygen atoms in total. The Labute approximate surface area is 212 Å². The number of phenolic OH excluding ortho intramolecular Hbond substituents is 1. The number of hydrogen-bond acceptors (Lipinski definition) is 9. The normalized spacial score (nSPS) is 16.3. The Morgan fingerprint density at radius 1 is 1.22 bits per heavy atom. The van der Waals surface area contributed by atoms with E-state index in [-0.39, 0.29) is 17.6 Å². The Kier molecular flexibility index (Phi) is 9.36. The number of nitrogens with two attached hydrogens (primary N) is 3. The summed E-state index contributed by atoms with van der Waals surface area (Å²) in [6, 6.07) is 8.93. The van der Waals surface area contributed by atoms with E-state index < -0.39 is 6.67 Å². The standard InChI is InChI=1S/C26H35FN8O/c1-19-10-14-34(22(26(29)30)18-21(28)20-6-3-4-7-23(20)36)16-17-35(19)25-9-12-31-24(32-25)8-5-13-33(2)15-11-27/h3-4,6-7,9,12,18-19,36H,10-11,13-17,28-30H2,1-2H3/b21-18-. The number of para-hydroxylation sites is 1. The van der Waals surface area contributed by atoms with E-state index in [0.29, 0.717) is 55.5 Å². The summed E-state index contributed by atoms with van der Waals surface area (Å²) in [5, 5.41) is 10.2. The number of anilines is 1. The zero-order valence-corrected chi connectivity index (χ0v) is 20.9. The van der Waals surface area contributed by atoms with Gasteiger partial charge in [0, 0.05) is 49.7 Å². The second-order valence-corrected chi connectivity index (χ2v) is 8.74. The van der Waals surface area contributed by atoms with Gasteiger partial charge in [0.1, 0.15) is 24.1 Å². The van der Waals surface area contributed by atoms with Gasteiger partial charge in [0.25, 0.3) is 0 Å². The van der Waals surface area contributed by atoms with E-state index in [0.717, 1.165) is 12.2 Å². The summed E-state index contributed by atoms with van der Waals surface area (Å²) in [7, 11) is 1.82. The van der Waals surface area contributed by atoms with E-state index in [9.17, 15) is 9.50 Å². The zero-order valence-electron chi connectivity index (χ0n) is 20.9. The van der Waals surface area contributed by atoms with Gasteiger partial charge in [0.15, 0.2) is 0 Å². The number of halogens is 1. The highest BCUT2D eigenvalue weighted by Gasteiger charge is 2.24. The molecule has 2 heterocycles. The predicted molar refractivity (Wildman–Crippen MR) is 141 cm³/mol. The fourth-order valence-corrected chi connectivity index (χ4v) is 3.99. The molecule has 1 atom stereocenters. The first-order valence-corrected chi connectivity index (χ1v) is 11.9. The van der Waals surface area contributed by atoms with Crippen LogP contribution in [-0.2, 0) is 0 Å². The first-order chi connectivity index (χ1) is 17.3. The molecular formula is C26H35FN8O. The Balaban J connectivity index is 1.76. The maximum absolute atomic E-state index is 12.4. The van der Waals surface area contributed by atoms with Crippen molar-refractivity contribution in [1.29, 1.82) is 0 Å². The Hall–Kier alpha value is -3.97. The third-order valence-electron chi connectivity index (χ3n) is 6.05. The summed E-state index contributed by atoms with van der Waals surface area (Å²) in [5.74, 6) is 7.44. The van der Waals surface area contributed by atoms with Crippen LogP contribution in [0.2, 0.25) is 0 Å². The lowest BCUT2D eigenvalue weighted by Gasteiger charge is -2.28. The van der Waals surface area contributed by atoms with Crippen molar-refractivity contribution in [3.05, 3.63) is 65.5 Å². The van der Waals surface area contributed by atoms with E-state index in [1.807, 2.05) is 13.1 Å². The summed E-state index contributed by atoms with van der Waals surface area (Å²) in [5.41, 5.74) is 19.9. The summed E-state index contributed by atoms with van der Waals surface area (Å²) < 4.78 is 12.4. The third-order valence-corrected chi connectivity index (χ3v) is 6.05. The maximum Gasteiger partial charge on any atom is 0.206 e. The molecule has 0 saturated carbocycles. The number of phenols is 1. The van der Waals surface area contributed by atoms with Gasteiger partial charge in [-0.15, -0.1) is 0 Å². The van der Waals surface area contributed by atoms with E-state index in [1.165, 1.54) is 0 Å². The molecule has 1 aromatic heterocycles. The van der Waals surface area contributed by atoms with E-state index >= 15 is 0 Å². The SMILES string of the molecule is CC1CCN(C(/C=C(\N)c2ccccc2O)=C(N)N)CCN1c1ccnc(C#CCN(C)CCF)n1. The molecule has 36 heavy (non-hydrogen) atoms. The number of allylic oxidation sites excluding steroid dienone is 1. The Morgan fingerprint density at radius 3 is 2.72 bits per heavy atom. The number of benzene rings is 1. The minimum atomic E-state index is -0.405. The van der Waals surface area contributed by atoms with Gasteiger partial charge in [0.05, 0.1) is 12.2 Å². The van der Waals surface area contributed by atoms with Crippen LogP contribution in [0.25, 0.3) is 5.70 Å². The van der Waals surface area contributed by atoms with Crippen molar-refractivity contribution in [2.45, 2.75) is 19.4 Å². The van der Waals surface area contributed by atoms with Crippen LogP contribution >= 0.6 is 0 Å². The molecule has 1 aliphatic heterocycles. The summed E-state index contributed by atoms with van der Waals surface area (Å²) in [6.07, 6.45) is 4.25. The van der Waals surface area contributed by atoms with Crippen molar-refractivity contribution in [2.75, 3.05) is 51.3 Å². The van der Waals surface area contributed by atoms with Crippen molar-refractivity contribution in [1.82, 2.24) is 19.8 Å². The van der Waals surface area contributed by atoms with Gasteiger partial charge in [0.2, 0.25) is 5.82 Å². The number of nitrogens with zero attached hydrogens (tertiary/aromatic N) is 5. The van der Waals surface area contributed by atoms with Crippen molar-refractivity contribution < 1.29 is 9.50 Å². The van der Waals surface area contributed by atoms with Gasteiger partial charge in [-0.3, -0.25) is 4.90 Å². The molecular weight excluding hydrogens is 459 g/mol. The average molecular weight is 495 g/mol. The van der Waals surface area contributed by atoms with Crippen molar-refractivity contribution in [3.63, 3.8) is 0 Å². The molecule has 1 aromatic carbocycles. The topological polar surface area (TPSA) is 134 Å². The Morgan fingerprint density at radius 2 is 2.00 bits per heavy atom. The predicted octanol–water partition coefficient (Wildman–Crippen LogP) is 1.42. The molecule has 0 bridgehead atoms. The molecule has 10 heteroatoms. The monoisotopic (exact) mass is 494 g/mol. The molecule has 192 valence electrons. The van der Waals surface area contributed by atoms with Gasteiger partial charge < -0.3 is 32.1 Å². The number of hydrogen-bond donors (Lipinski definition) is 4. The average Bonchev–Trinajstić information content (AvgIpc) is 3.04. The van der Waals surface area contributed by atoms with Crippen LogP contribution in [0.4, 0.5) is 10.2 Å². The fraction of sp³-hybridized carbons (Fsp3) is 0.385. The second-order valence-electron chi connectivity index (χ2n) is 8.74. The largest absolute Gasteiger partial charge is 0.507 e. The maximum atomic E-state index is 12.4. The molecule has 1 aliphatic rings. The first kappa shape index (κ1) is 26.6. The van der Waals surface area contributed by atoms with E-state index in [4.69, 9.17) is 17.2 Å². The number of aromatic nitrogens is 2. The van der Waals surface area contributed by atoms with Crippen LogP contribution in [0.1, 0.15) is 24.7 Å². The first-order valence-electron chi connectivity index (χ1n) is 11.9. The molecule has 7 N–H and O–H groups in total. The highest BCUT2D eigenvalue weighted by molar-refractivity contribution is 5.69. The zero-order chi connectivity index (χ0) is 26.1. The van der Waals surface area contributed by atoms with Crippen molar-refractivity contribution in [3.8, 4) is 17.6 Å². The lowest BCUT2D eigenvalue weighted by molar-refractivity contribution is 0.323. The van der Waals surface area contributed by atoms with Gasteiger partial charge in [-0.1, -0.05) is 18.1 Å². The van der Waals surface area contributed by atoms with Crippen LogP contribution in [0.5, 0.6) is 5.75 Å². The van der Waals surface area contributed by atoms with Crippen LogP contribution in [-0.4, -0.2) is 77.4 Å². The summed E-state index contributed by atoms with van der Waals surface area (Å²) >= 11 is 0. The molecule has 0 aliphatic carbocycles. The minimum Gasteiger partial charge on any atom is -0.507 e. The lowest BCUT2D eigenvalue weighted by atomic mass is 10.1. The molecule has 1 unspecified atom stereocenters. The van der Waals surface area contributed by atoms with Crippen LogP contribution < -0.4 is 22.1 Å². The van der Waals surface area contributed by atoms with Crippen LogP contribution in [0.15, 0.2) is 54.1 Å². The van der Waals surface area contributed by atoms with Gasteiger partial charge in [-0.2, -0.15) is 0 Å². The quantitative estimate of drug-likeness (QED) is 0.333. The minimum absolute atomic E-state index is 0.0913. The molecule has 0 radical (unpaired) electrons. The van der Waals surface area contributed by atoms with E-state index in [2.05, 4.69) is 38.5 Å². The highest BCUT2D eigenvalue weighted by atomic mass is 19.1. The van der Waals surface area contributed by atoms with Crippen LogP contribution in [0, 0.1) is 11.8 Å². The second kappa shape index (κ2) is 12.7. The lowest BCUT2D eigenvalue weighted by Crippen LogP contribution is -2.36. The fourth-order valence-electron chi connectivity index (χ4n) is 3.99. The molecule has 1 fully saturated rings. The molecule has 2 aromatic rings. The third kappa shape index (κ3) is 7.02. The van der Waals surface area contributed by atoms with E-state index in [1.54, 1.807) is 41.4 Å². The van der Waals surface area contributed by atoms with Crippen molar-refractivity contribution >= 4 is 11.5 Å². The van der Waals surface area contributed by atoms with Gasteiger partial charge >= 0.3 is 0 Å². The highest BCUT2D eigenvalue weighted by Crippen LogP contribution is 2.25.